The van der Waals surface area contributed by atoms with Gasteiger partial charge >= 0.3 is 6.16 Å². The van der Waals surface area contributed by atoms with Gasteiger partial charge in [0.05, 0.1) is 12.1 Å². The van der Waals surface area contributed by atoms with Crippen LogP contribution in [0.5, 0.6) is 11.5 Å². The lowest BCUT2D eigenvalue weighted by molar-refractivity contribution is 0.120. The van der Waals surface area contributed by atoms with Crippen molar-refractivity contribution in [3.05, 3.63) is 58.1 Å². The number of methoxy groups -OCH3 is 1. The van der Waals surface area contributed by atoms with Gasteiger partial charge in [-0.25, -0.2) is 4.79 Å². The standard InChI is InChI=1S/C18H19ClO4/c1-4-13-6-5-7-16(23-18(20)21-3)14(13)11-22-17-9-8-12(2)10-15(17)19/h5-10H,4,11H2,1-3H3. The highest BCUT2D eigenvalue weighted by Gasteiger charge is 2.14. The summed E-state index contributed by atoms with van der Waals surface area (Å²) in [6, 6.07) is 11.1. The van der Waals surface area contributed by atoms with Crippen molar-refractivity contribution in [2.45, 2.75) is 26.9 Å². The molecule has 0 bridgehead atoms. The van der Waals surface area contributed by atoms with Gasteiger partial charge in [0.25, 0.3) is 0 Å². The van der Waals surface area contributed by atoms with Gasteiger partial charge < -0.3 is 14.2 Å². The summed E-state index contributed by atoms with van der Waals surface area (Å²) in [4.78, 5) is 11.4. The fourth-order valence-corrected chi connectivity index (χ4v) is 2.50. The minimum Gasteiger partial charge on any atom is -0.487 e. The van der Waals surface area contributed by atoms with Crippen molar-refractivity contribution in [2.24, 2.45) is 0 Å². The Kier molecular flexibility index (Phi) is 5.88. The molecule has 0 fully saturated rings. The largest absolute Gasteiger partial charge is 0.513 e. The molecule has 0 atom stereocenters. The van der Waals surface area contributed by atoms with E-state index >= 15 is 0 Å². The molecule has 0 amide bonds. The maximum absolute atomic E-state index is 11.4. The van der Waals surface area contributed by atoms with Crippen LogP contribution in [0.25, 0.3) is 0 Å². The van der Waals surface area contributed by atoms with Gasteiger partial charge in [-0.2, -0.15) is 0 Å². The predicted molar refractivity (Wildman–Crippen MR) is 89.4 cm³/mol. The Bertz CT molecular complexity index is 697. The van der Waals surface area contributed by atoms with Gasteiger partial charge in [-0.1, -0.05) is 36.7 Å². The minimum absolute atomic E-state index is 0.249. The summed E-state index contributed by atoms with van der Waals surface area (Å²) in [5.41, 5.74) is 2.90. The highest BCUT2D eigenvalue weighted by atomic mass is 35.5. The Balaban J connectivity index is 2.24. The Morgan fingerprint density at radius 3 is 2.61 bits per heavy atom. The topological polar surface area (TPSA) is 44.8 Å². The molecule has 0 aliphatic carbocycles. The first-order chi connectivity index (χ1) is 11.0. The number of hydrogen-bond acceptors (Lipinski definition) is 4. The molecular weight excluding hydrogens is 316 g/mol. The molecule has 2 aromatic carbocycles. The molecule has 0 spiro atoms. The molecule has 0 aromatic heterocycles. The maximum atomic E-state index is 11.4. The molecule has 0 aliphatic heterocycles. The summed E-state index contributed by atoms with van der Waals surface area (Å²) in [6.45, 7) is 4.24. The second-order valence-electron chi connectivity index (χ2n) is 5.03. The van der Waals surface area contributed by atoms with E-state index in [0.29, 0.717) is 16.5 Å². The zero-order chi connectivity index (χ0) is 16.8. The lowest BCUT2D eigenvalue weighted by Gasteiger charge is -2.15. The monoisotopic (exact) mass is 334 g/mol. The first-order valence-corrected chi connectivity index (χ1v) is 7.68. The summed E-state index contributed by atoms with van der Waals surface area (Å²) in [6.07, 6.45) is 0.0338. The molecule has 2 rings (SSSR count). The van der Waals surface area contributed by atoms with Crippen molar-refractivity contribution in [2.75, 3.05) is 7.11 Å². The van der Waals surface area contributed by atoms with E-state index in [0.717, 1.165) is 23.1 Å². The van der Waals surface area contributed by atoms with E-state index in [1.807, 2.05) is 44.2 Å². The number of ether oxygens (including phenoxy) is 3. The van der Waals surface area contributed by atoms with E-state index in [4.69, 9.17) is 21.1 Å². The second-order valence-corrected chi connectivity index (χ2v) is 5.43. The van der Waals surface area contributed by atoms with Gasteiger partial charge in [0.2, 0.25) is 0 Å². The third-order valence-electron chi connectivity index (χ3n) is 3.43. The quantitative estimate of drug-likeness (QED) is 0.574. The van der Waals surface area contributed by atoms with Crippen LogP contribution in [0.4, 0.5) is 4.79 Å². The van der Waals surface area contributed by atoms with Crippen LogP contribution in [-0.2, 0) is 17.8 Å². The average molecular weight is 335 g/mol. The number of hydrogen-bond donors (Lipinski definition) is 0. The Morgan fingerprint density at radius 1 is 1.17 bits per heavy atom. The van der Waals surface area contributed by atoms with Crippen molar-refractivity contribution in [1.29, 1.82) is 0 Å². The van der Waals surface area contributed by atoms with E-state index in [1.54, 1.807) is 6.07 Å². The summed E-state index contributed by atoms with van der Waals surface area (Å²) >= 11 is 6.19. The third kappa shape index (κ3) is 4.39. The number of halogens is 1. The predicted octanol–water partition coefficient (Wildman–Crippen LogP) is 4.94. The van der Waals surface area contributed by atoms with Crippen LogP contribution >= 0.6 is 11.6 Å². The summed E-state index contributed by atoms with van der Waals surface area (Å²) in [5, 5.41) is 0.550. The fraction of sp³-hybridized carbons (Fsp3) is 0.278. The molecule has 122 valence electrons. The smallest absolute Gasteiger partial charge is 0.487 e. The van der Waals surface area contributed by atoms with E-state index in [9.17, 15) is 4.79 Å². The van der Waals surface area contributed by atoms with Crippen molar-refractivity contribution in [3.63, 3.8) is 0 Å². The van der Waals surface area contributed by atoms with Crippen molar-refractivity contribution in [3.8, 4) is 11.5 Å². The van der Waals surface area contributed by atoms with Gasteiger partial charge in [-0.15, -0.1) is 0 Å². The maximum Gasteiger partial charge on any atom is 0.513 e. The van der Waals surface area contributed by atoms with E-state index < -0.39 is 6.16 Å². The number of carbonyl (C=O) groups is 1. The number of rotatable bonds is 5. The highest BCUT2D eigenvalue weighted by Crippen LogP contribution is 2.29. The van der Waals surface area contributed by atoms with Gasteiger partial charge in [-0.3, -0.25) is 0 Å². The van der Waals surface area contributed by atoms with Crippen LogP contribution in [0.15, 0.2) is 36.4 Å². The van der Waals surface area contributed by atoms with Crippen LogP contribution < -0.4 is 9.47 Å². The highest BCUT2D eigenvalue weighted by molar-refractivity contribution is 6.32. The average Bonchev–Trinajstić information content (AvgIpc) is 2.54. The second kappa shape index (κ2) is 7.88. The molecule has 2 aromatic rings. The van der Waals surface area contributed by atoms with Gasteiger partial charge in [0, 0.05) is 5.56 Å². The Morgan fingerprint density at radius 2 is 1.96 bits per heavy atom. The summed E-state index contributed by atoms with van der Waals surface area (Å²) < 4.78 is 15.6. The number of aryl methyl sites for hydroxylation is 2. The van der Waals surface area contributed by atoms with Crippen molar-refractivity contribution >= 4 is 17.8 Å². The normalized spacial score (nSPS) is 10.3. The molecule has 5 heteroatoms. The SMILES string of the molecule is CCc1cccc(OC(=O)OC)c1COc1ccc(C)cc1Cl. The molecule has 0 N–H and O–H groups in total. The van der Waals surface area contributed by atoms with Gasteiger partial charge in [0.15, 0.2) is 0 Å². The van der Waals surface area contributed by atoms with Crippen LogP contribution in [0, 0.1) is 6.92 Å². The lowest BCUT2D eigenvalue weighted by Crippen LogP contribution is -2.11. The molecule has 23 heavy (non-hydrogen) atoms. The zero-order valence-corrected chi connectivity index (χ0v) is 14.1. The third-order valence-corrected chi connectivity index (χ3v) is 3.73. The van der Waals surface area contributed by atoms with Crippen LogP contribution in [0.3, 0.4) is 0 Å². The molecule has 0 saturated heterocycles. The molecule has 0 saturated carbocycles. The van der Waals surface area contributed by atoms with Crippen molar-refractivity contribution in [1.82, 2.24) is 0 Å². The molecule has 0 radical (unpaired) electrons. The van der Waals surface area contributed by atoms with E-state index in [2.05, 4.69) is 4.74 Å². The van der Waals surface area contributed by atoms with Crippen LogP contribution in [0.2, 0.25) is 5.02 Å². The van der Waals surface area contributed by atoms with E-state index in [-0.39, 0.29) is 6.61 Å². The Labute approximate surface area is 140 Å². The van der Waals surface area contributed by atoms with Gasteiger partial charge in [0.1, 0.15) is 18.1 Å². The first kappa shape index (κ1) is 17.2. The number of carbonyl (C=O) groups excluding carboxylic acids is 1. The van der Waals surface area contributed by atoms with Gasteiger partial charge in [-0.05, 0) is 42.7 Å². The lowest BCUT2D eigenvalue weighted by atomic mass is 10.0. The first-order valence-electron chi connectivity index (χ1n) is 7.30. The molecule has 0 unspecified atom stereocenters. The molecule has 0 heterocycles. The summed E-state index contributed by atoms with van der Waals surface area (Å²) in [7, 11) is 1.27. The van der Waals surface area contributed by atoms with Crippen LogP contribution in [-0.4, -0.2) is 13.3 Å². The summed E-state index contributed by atoms with van der Waals surface area (Å²) in [5.74, 6) is 1.02. The van der Waals surface area contributed by atoms with Crippen LogP contribution in [0.1, 0.15) is 23.6 Å². The fourth-order valence-electron chi connectivity index (χ4n) is 2.21. The molecular formula is C18H19ClO4. The van der Waals surface area contributed by atoms with E-state index in [1.165, 1.54) is 7.11 Å². The Hall–Kier alpha value is -2.20. The number of benzene rings is 2. The zero-order valence-electron chi connectivity index (χ0n) is 13.4. The molecule has 0 aliphatic rings. The minimum atomic E-state index is -0.757. The van der Waals surface area contributed by atoms with Crippen molar-refractivity contribution < 1.29 is 19.0 Å². The molecule has 4 nitrogen and oxygen atoms in total.